The molecule has 0 saturated carbocycles. The van der Waals surface area contributed by atoms with Gasteiger partial charge in [0.15, 0.2) is 5.82 Å². The third-order valence-electron chi connectivity index (χ3n) is 4.39. The highest BCUT2D eigenvalue weighted by Crippen LogP contribution is 2.25. The van der Waals surface area contributed by atoms with Crippen molar-refractivity contribution < 1.29 is 4.79 Å². The van der Waals surface area contributed by atoms with Crippen molar-refractivity contribution in [3.63, 3.8) is 0 Å². The zero-order valence-corrected chi connectivity index (χ0v) is 16.7. The molecule has 2 N–H and O–H groups in total. The van der Waals surface area contributed by atoms with Crippen LogP contribution in [0.15, 0.2) is 36.8 Å². The maximum Gasteiger partial charge on any atom is 0.163 e. The van der Waals surface area contributed by atoms with Crippen LogP contribution < -0.4 is 5.32 Å². The van der Waals surface area contributed by atoms with Gasteiger partial charge in [-0.1, -0.05) is 13.8 Å². The van der Waals surface area contributed by atoms with E-state index in [9.17, 15) is 4.79 Å². The molecule has 0 saturated heterocycles. The number of carbonyl (C=O) groups excluding carboxylic acids is 1. The van der Waals surface area contributed by atoms with Crippen molar-refractivity contribution in [1.82, 2.24) is 24.8 Å². The molecule has 1 atom stereocenters. The van der Waals surface area contributed by atoms with Gasteiger partial charge in [-0.3, -0.25) is 0 Å². The number of aromatic amines is 1. The highest BCUT2D eigenvalue weighted by atomic mass is 16.1. The fraction of sp³-hybridized carbons (Fsp3) is 0.400. The first-order valence-corrected chi connectivity index (χ1v) is 9.07. The second-order valence-electron chi connectivity index (χ2n) is 6.78. The maximum absolute atomic E-state index is 11.2. The number of fused-ring (bicyclic) bond motifs is 1. The molecular formula is C20H28N6O. The Labute approximate surface area is 160 Å². The molecule has 3 aromatic rings. The number of pyridine rings is 1. The van der Waals surface area contributed by atoms with Gasteiger partial charge in [0.05, 0.1) is 5.54 Å². The molecule has 0 bridgehead atoms. The summed E-state index contributed by atoms with van der Waals surface area (Å²) >= 11 is 0. The van der Waals surface area contributed by atoms with Crippen LogP contribution in [0.1, 0.15) is 27.2 Å². The van der Waals surface area contributed by atoms with Gasteiger partial charge in [-0.15, -0.1) is 0 Å². The lowest BCUT2D eigenvalue weighted by atomic mass is 10.0. The largest absolute Gasteiger partial charge is 0.358 e. The van der Waals surface area contributed by atoms with Crippen LogP contribution in [0.4, 0.5) is 5.82 Å². The van der Waals surface area contributed by atoms with Crippen molar-refractivity contribution in [1.29, 1.82) is 0 Å². The summed E-state index contributed by atoms with van der Waals surface area (Å²) in [6.07, 6.45) is 6.84. The van der Waals surface area contributed by atoms with E-state index >= 15 is 0 Å². The lowest BCUT2D eigenvalue weighted by Gasteiger charge is -2.23. The molecule has 0 spiro atoms. The molecule has 0 aliphatic carbocycles. The molecule has 3 heterocycles. The first-order valence-electron chi connectivity index (χ1n) is 9.07. The summed E-state index contributed by atoms with van der Waals surface area (Å²) in [4.78, 5) is 29.6. The summed E-state index contributed by atoms with van der Waals surface area (Å²) in [5, 5.41) is 4.13. The smallest absolute Gasteiger partial charge is 0.163 e. The molecule has 7 heteroatoms. The van der Waals surface area contributed by atoms with E-state index in [4.69, 9.17) is 0 Å². The van der Waals surface area contributed by atoms with Gasteiger partial charge in [0.25, 0.3) is 0 Å². The van der Waals surface area contributed by atoms with E-state index in [1.807, 2.05) is 32.2 Å². The highest BCUT2D eigenvalue weighted by Gasteiger charge is 2.21. The zero-order valence-electron chi connectivity index (χ0n) is 16.7. The molecule has 1 unspecified atom stereocenters. The van der Waals surface area contributed by atoms with Crippen LogP contribution in [0.3, 0.4) is 0 Å². The third kappa shape index (κ3) is 5.34. The van der Waals surface area contributed by atoms with Crippen molar-refractivity contribution in [2.75, 3.05) is 26.0 Å². The van der Waals surface area contributed by atoms with Gasteiger partial charge >= 0.3 is 0 Å². The van der Waals surface area contributed by atoms with E-state index in [-0.39, 0.29) is 0 Å². The van der Waals surface area contributed by atoms with Gasteiger partial charge in [0, 0.05) is 29.5 Å². The first kappa shape index (κ1) is 20.5. The van der Waals surface area contributed by atoms with Gasteiger partial charge in [0.2, 0.25) is 0 Å². The SMILES string of the molecule is CCC(C)(C=O)Nc1ccnc(-c2c[nH]c3ncccc23)n1.CCN(C)C. The number of aromatic nitrogens is 4. The normalized spacial score (nSPS) is 13.0. The number of carbonyl (C=O) groups is 1. The van der Waals surface area contributed by atoms with Gasteiger partial charge in [-0.2, -0.15) is 0 Å². The molecule has 0 fully saturated rings. The van der Waals surface area contributed by atoms with E-state index in [1.165, 1.54) is 0 Å². The van der Waals surface area contributed by atoms with Crippen molar-refractivity contribution in [2.45, 2.75) is 32.7 Å². The summed E-state index contributed by atoms with van der Waals surface area (Å²) in [6.45, 7) is 7.06. The van der Waals surface area contributed by atoms with E-state index in [0.717, 1.165) is 29.4 Å². The number of anilines is 1. The first-order chi connectivity index (χ1) is 12.9. The summed E-state index contributed by atoms with van der Waals surface area (Å²) < 4.78 is 0. The average molecular weight is 368 g/mol. The lowest BCUT2D eigenvalue weighted by molar-refractivity contribution is -0.111. The van der Waals surface area contributed by atoms with Gasteiger partial charge < -0.3 is 20.0 Å². The maximum atomic E-state index is 11.2. The summed E-state index contributed by atoms with van der Waals surface area (Å²) in [7, 11) is 4.11. The molecule has 3 rings (SSSR count). The number of rotatable bonds is 6. The zero-order chi connectivity index (χ0) is 19.9. The Bertz CT molecular complexity index is 876. The van der Waals surface area contributed by atoms with Crippen LogP contribution in [0.25, 0.3) is 22.4 Å². The van der Waals surface area contributed by atoms with Gasteiger partial charge in [0.1, 0.15) is 17.8 Å². The number of aldehydes is 1. The second kappa shape index (κ2) is 9.23. The van der Waals surface area contributed by atoms with Crippen molar-refractivity contribution >= 4 is 23.1 Å². The van der Waals surface area contributed by atoms with Crippen molar-refractivity contribution in [3.05, 3.63) is 36.8 Å². The Morgan fingerprint density at radius 2 is 1.96 bits per heavy atom. The highest BCUT2D eigenvalue weighted by molar-refractivity contribution is 5.91. The topological polar surface area (TPSA) is 86.8 Å². The van der Waals surface area contributed by atoms with Gasteiger partial charge in [-0.25, -0.2) is 15.0 Å². The third-order valence-corrected chi connectivity index (χ3v) is 4.39. The Morgan fingerprint density at radius 3 is 2.59 bits per heavy atom. The molecule has 0 radical (unpaired) electrons. The van der Waals surface area contributed by atoms with Crippen LogP contribution >= 0.6 is 0 Å². The van der Waals surface area contributed by atoms with E-state index < -0.39 is 5.54 Å². The van der Waals surface area contributed by atoms with Crippen molar-refractivity contribution in [3.8, 4) is 11.4 Å². The quantitative estimate of drug-likeness (QED) is 0.649. The fourth-order valence-corrected chi connectivity index (χ4v) is 2.19. The molecule has 3 aromatic heterocycles. The van der Waals surface area contributed by atoms with Crippen LogP contribution in [-0.4, -0.2) is 57.3 Å². The van der Waals surface area contributed by atoms with Crippen LogP contribution in [0.5, 0.6) is 0 Å². The predicted octanol–water partition coefficient (Wildman–Crippen LogP) is 3.37. The van der Waals surface area contributed by atoms with Gasteiger partial charge in [-0.05, 0) is 52.2 Å². The molecular weight excluding hydrogens is 340 g/mol. The second-order valence-corrected chi connectivity index (χ2v) is 6.78. The summed E-state index contributed by atoms with van der Waals surface area (Å²) in [6, 6.07) is 5.61. The van der Waals surface area contributed by atoms with Crippen LogP contribution in [0.2, 0.25) is 0 Å². The minimum atomic E-state index is -0.632. The number of nitrogens with zero attached hydrogens (tertiary/aromatic N) is 4. The standard InChI is InChI=1S/C16H17N5O.C4H11N/c1-3-16(2,10-22)21-13-6-8-18-15(20-13)12-9-19-14-11(12)5-4-7-17-14;1-4-5(2)3/h4-10H,3H2,1-2H3,(H,17,19)(H,18,20,21);4H2,1-3H3. The fourth-order valence-electron chi connectivity index (χ4n) is 2.19. The Morgan fingerprint density at radius 1 is 1.22 bits per heavy atom. The average Bonchev–Trinajstić information content (AvgIpc) is 3.12. The monoisotopic (exact) mass is 368 g/mol. The molecule has 27 heavy (non-hydrogen) atoms. The number of nitrogens with one attached hydrogen (secondary N) is 2. The van der Waals surface area contributed by atoms with E-state index in [2.05, 4.69) is 51.2 Å². The summed E-state index contributed by atoms with van der Waals surface area (Å²) in [5.74, 6) is 1.22. The molecule has 7 nitrogen and oxygen atoms in total. The van der Waals surface area contributed by atoms with Crippen LogP contribution in [0, 0.1) is 0 Å². The lowest BCUT2D eigenvalue weighted by Crippen LogP contribution is -2.36. The number of hydrogen-bond acceptors (Lipinski definition) is 6. The number of hydrogen-bond donors (Lipinski definition) is 2. The molecule has 0 aromatic carbocycles. The predicted molar refractivity (Wildman–Crippen MR) is 110 cm³/mol. The van der Waals surface area contributed by atoms with E-state index in [1.54, 1.807) is 18.5 Å². The molecule has 0 aliphatic rings. The Balaban J connectivity index is 0.000000465. The molecule has 0 aliphatic heterocycles. The minimum absolute atomic E-state index is 0.591. The Kier molecular flexibility index (Phi) is 7.01. The molecule has 144 valence electrons. The number of H-pyrrole nitrogens is 1. The summed E-state index contributed by atoms with van der Waals surface area (Å²) in [5.41, 5.74) is 1.05. The van der Waals surface area contributed by atoms with E-state index in [0.29, 0.717) is 18.1 Å². The minimum Gasteiger partial charge on any atom is -0.358 e. The Hall–Kier alpha value is -2.80. The van der Waals surface area contributed by atoms with Crippen molar-refractivity contribution in [2.24, 2.45) is 0 Å². The molecule has 0 amide bonds. The van der Waals surface area contributed by atoms with Crippen LogP contribution in [-0.2, 0) is 4.79 Å².